The van der Waals surface area contributed by atoms with Gasteiger partial charge in [0.1, 0.15) is 12.4 Å². The minimum absolute atomic E-state index is 0.0293. The van der Waals surface area contributed by atoms with Crippen LogP contribution in [0.3, 0.4) is 0 Å². The predicted molar refractivity (Wildman–Crippen MR) is 96.5 cm³/mol. The predicted octanol–water partition coefficient (Wildman–Crippen LogP) is 2.14. The molecule has 0 radical (unpaired) electrons. The molecule has 6 nitrogen and oxygen atoms in total. The molecule has 1 amide bonds. The monoisotopic (exact) mass is 360 g/mol. The first-order valence-corrected chi connectivity index (χ1v) is 9.66. The third-order valence-electron chi connectivity index (χ3n) is 4.02. The van der Waals surface area contributed by atoms with Crippen LogP contribution in [0.4, 0.5) is 5.69 Å². The van der Waals surface area contributed by atoms with Crippen molar-refractivity contribution in [2.75, 3.05) is 30.7 Å². The van der Waals surface area contributed by atoms with Gasteiger partial charge in [-0.05, 0) is 30.2 Å². The Morgan fingerprint density at radius 1 is 1.16 bits per heavy atom. The van der Waals surface area contributed by atoms with Gasteiger partial charge in [-0.25, -0.2) is 8.42 Å². The lowest BCUT2D eigenvalue weighted by Gasteiger charge is -2.13. The fraction of sp³-hybridized carbons (Fsp3) is 0.278. The Bertz CT molecular complexity index is 866. The maximum absolute atomic E-state index is 12.3. The number of carbonyl (C=O) groups is 1. The number of benzene rings is 2. The smallest absolute Gasteiger partial charge is 0.257 e. The van der Waals surface area contributed by atoms with E-state index in [4.69, 9.17) is 4.74 Å². The van der Waals surface area contributed by atoms with Crippen LogP contribution in [0.25, 0.3) is 0 Å². The third kappa shape index (κ3) is 4.30. The van der Waals surface area contributed by atoms with Gasteiger partial charge in [-0.15, -0.1) is 0 Å². The summed E-state index contributed by atoms with van der Waals surface area (Å²) in [5, 5.41) is 0. The summed E-state index contributed by atoms with van der Waals surface area (Å²) in [6.07, 6.45) is 0.423. The van der Waals surface area contributed by atoms with E-state index in [1.165, 1.54) is 6.07 Å². The molecular formula is C18H20N2O4S. The Morgan fingerprint density at radius 2 is 1.92 bits per heavy atom. The molecule has 0 saturated heterocycles. The first-order chi connectivity index (χ1) is 11.9. The van der Waals surface area contributed by atoms with Crippen molar-refractivity contribution in [3.8, 4) is 5.75 Å². The van der Waals surface area contributed by atoms with Crippen LogP contribution in [-0.4, -0.2) is 45.2 Å². The summed E-state index contributed by atoms with van der Waals surface area (Å²) < 4.78 is 32.7. The van der Waals surface area contributed by atoms with E-state index >= 15 is 0 Å². The lowest BCUT2D eigenvalue weighted by molar-refractivity contribution is 0.0796. The number of anilines is 1. The molecule has 0 aromatic heterocycles. The highest BCUT2D eigenvalue weighted by molar-refractivity contribution is 7.92. The van der Waals surface area contributed by atoms with Crippen molar-refractivity contribution in [1.29, 1.82) is 0 Å². The maximum Gasteiger partial charge on any atom is 0.257 e. The van der Waals surface area contributed by atoms with Crippen molar-refractivity contribution < 1.29 is 17.9 Å². The highest BCUT2D eigenvalue weighted by Crippen LogP contribution is 2.26. The van der Waals surface area contributed by atoms with Crippen LogP contribution in [0.2, 0.25) is 0 Å². The second-order valence-electron chi connectivity index (χ2n) is 5.94. The molecule has 0 fully saturated rings. The van der Waals surface area contributed by atoms with Crippen molar-refractivity contribution >= 4 is 21.6 Å². The van der Waals surface area contributed by atoms with Gasteiger partial charge in [-0.1, -0.05) is 30.3 Å². The fourth-order valence-corrected chi connectivity index (χ4v) is 3.71. The van der Waals surface area contributed by atoms with Crippen LogP contribution in [0.5, 0.6) is 5.75 Å². The Hall–Kier alpha value is -2.54. The van der Waals surface area contributed by atoms with E-state index in [1.54, 1.807) is 24.1 Å². The highest BCUT2D eigenvalue weighted by atomic mass is 32.2. The topological polar surface area (TPSA) is 75.7 Å². The number of nitrogens with one attached hydrogen (secondary N) is 1. The molecule has 2 aromatic carbocycles. The van der Waals surface area contributed by atoms with E-state index in [1.807, 2.05) is 30.3 Å². The van der Waals surface area contributed by atoms with Gasteiger partial charge >= 0.3 is 0 Å². The number of hydrogen-bond acceptors (Lipinski definition) is 4. The molecule has 0 saturated carbocycles. The number of fused-ring (bicyclic) bond motifs is 1. The maximum atomic E-state index is 12.3. The second kappa shape index (κ2) is 7.14. The van der Waals surface area contributed by atoms with Gasteiger partial charge in [0, 0.05) is 12.7 Å². The van der Waals surface area contributed by atoms with Gasteiger partial charge in [0.2, 0.25) is 10.0 Å². The Morgan fingerprint density at radius 3 is 2.68 bits per heavy atom. The molecule has 25 heavy (non-hydrogen) atoms. The van der Waals surface area contributed by atoms with Crippen molar-refractivity contribution in [3.63, 3.8) is 0 Å². The van der Waals surface area contributed by atoms with Crippen LogP contribution in [0, 0.1) is 0 Å². The lowest BCUT2D eigenvalue weighted by atomic mass is 10.1. The summed E-state index contributed by atoms with van der Waals surface area (Å²) in [7, 11) is -1.82. The largest absolute Gasteiger partial charge is 0.491 e. The van der Waals surface area contributed by atoms with E-state index in [-0.39, 0.29) is 11.7 Å². The number of nitrogens with zero attached hydrogens (tertiary/aromatic N) is 1. The standard InChI is InChI=1S/C18H20N2O4S/c1-20-10-11-24-17-8-7-15(13-16(17)18(20)21)19-25(22,23)12-9-14-5-3-2-4-6-14/h2-8,13,19H,9-12H2,1H3. The number of aryl methyl sites for hydroxylation is 1. The number of likely N-dealkylation sites (N-methyl/N-ethyl adjacent to an activating group) is 1. The Kier molecular flexibility index (Phi) is 4.94. The molecule has 3 rings (SSSR count). The first kappa shape index (κ1) is 17.3. The Balaban J connectivity index is 1.74. The summed E-state index contributed by atoms with van der Waals surface area (Å²) in [6, 6.07) is 14.2. The summed E-state index contributed by atoms with van der Waals surface area (Å²) in [6.45, 7) is 0.906. The van der Waals surface area contributed by atoms with Crippen LogP contribution in [0.1, 0.15) is 15.9 Å². The van der Waals surface area contributed by atoms with Crippen molar-refractivity contribution in [2.45, 2.75) is 6.42 Å². The molecular weight excluding hydrogens is 340 g/mol. The minimum Gasteiger partial charge on any atom is -0.491 e. The number of sulfonamides is 1. The lowest BCUT2D eigenvalue weighted by Crippen LogP contribution is -2.28. The number of hydrogen-bond donors (Lipinski definition) is 1. The van der Waals surface area contributed by atoms with Crippen LogP contribution < -0.4 is 9.46 Å². The third-order valence-corrected chi connectivity index (χ3v) is 5.30. The average Bonchev–Trinajstić information content (AvgIpc) is 2.74. The number of rotatable bonds is 5. The normalized spacial score (nSPS) is 14.4. The molecule has 1 heterocycles. The molecule has 0 unspecified atom stereocenters. The summed E-state index contributed by atoms with van der Waals surface area (Å²) in [5.41, 5.74) is 1.68. The van der Waals surface area contributed by atoms with Gasteiger partial charge in [0.15, 0.2) is 0 Å². The Labute approximate surface area is 147 Å². The first-order valence-electron chi connectivity index (χ1n) is 8.01. The molecule has 0 spiro atoms. The molecule has 132 valence electrons. The van der Waals surface area contributed by atoms with Gasteiger partial charge in [0.05, 0.1) is 17.9 Å². The zero-order valence-electron chi connectivity index (χ0n) is 13.9. The van der Waals surface area contributed by atoms with Crippen LogP contribution in [0.15, 0.2) is 48.5 Å². The molecule has 1 aliphatic heterocycles. The van der Waals surface area contributed by atoms with E-state index in [0.29, 0.717) is 36.6 Å². The fourth-order valence-electron chi connectivity index (χ4n) is 2.61. The molecule has 1 aliphatic rings. The summed E-state index contributed by atoms with van der Waals surface area (Å²) in [4.78, 5) is 13.9. The summed E-state index contributed by atoms with van der Waals surface area (Å²) >= 11 is 0. The van der Waals surface area contributed by atoms with Crippen molar-refractivity contribution in [2.24, 2.45) is 0 Å². The average molecular weight is 360 g/mol. The molecule has 7 heteroatoms. The summed E-state index contributed by atoms with van der Waals surface area (Å²) in [5.74, 6) is 0.262. The molecule has 0 bridgehead atoms. The van der Waals surface area contributed by atoms with E-state index < -0.39 is 10.0 Å². The molecule has 0 atom stereocenters. The van der Waals surface area contributed by atoms with Crippen molar-refractivity contribution in [1.82, 2.24) is 4.90 Å². The van der Waals surface area contributed by atoms with Gasteiger partial charge < -0.3 is 9.64 Å². The molecule has 0 aliphatic carbocycles. The number of ether oxygens (including phenoxy) is 1. The van der Waals surface area contributed by atoms with E-state index in [9.17, 15) is 13.2 Å². The van der Waals surface area contributed by atoms with Crippen LogP contribution >= 0.6 is 0 Å². The van der Waals surface area contributed by atoms with E-state index in [2.05, 4.69) is 4.72 Å². The molecule has 1 N–H and O–H groups in total. The zero-order chi connectivity index (χ0) is 17.9. The SMILES string of the molecule is CN1CCOc2ccc(NS(=O)(=O)CCc3ccccc3)cc2C1=O. The van der Waals surface area contributed by atoms with Crippen LogP contribution in [-0.2, 0) is 16.4 Å². The zero-order valence-corrected chi connectivity index (χ0v) is 14.8. The minimum atomic E-state index is -3.52. The second-order valence-corrected chi connectivity index (χ2v) is 7.78. The number of amides is 1. The molecule has 2 aromatic rings. The van der Waals surface area contributed by atoms with Gasteiger partial charge in [0.25, 0.3) is 5.91 Å². The van der Waals surface area contributed by atoms with Crippen molar-refractivity contribution in [3.05, 3.63) is 59.7 Å². The van der Waals surface area contributed by atoms with Gasteiger partial charge in [-0.2, -0.15) is 0 Å². The number of carbonyl (C=O) groups excluding carboxylic acids is 1. The quantitative estimate of drug-likeness (QED) is 0.886. The van der Waals surface area contributed by atoms with Gasteiger partial charge in [-0.3, -0.25) is 9.52 Å². The van der Waals surface area contributed by atoms with E-state index in [0.717, 1.165) is 5.56 Å². The highest BCUT2D eigenvalue weighted by Gasteiger charge is 2.22.